The molecular weight excluding hydrogens is 392 g/mol. The van der Waals surface area contributed by atoms with Crippen LogP contribution in [0.1, 0.15) is 31.4 Å². The topological polar surface area (TPSA) is 49.4 Å². The van der Waals surface area contributed by atoms with Crippen molar-refractivity contribution in [2.45, 2.75) is 39.3 Å². The number of nitrogens with zero attached hydrogens (tertiary/aromatic N) is 1. The Kier molecular flexibility index (Phi) is 7.85. The summed E-state index contributed by atoms with van der Waals surface area (Å²) in [5.74, 6) is -0.143. The first-order valence-corrected chi connectivity index (χ1v) is 9.70. The number of carbonyl (C=O) groups is 2. The van der Waals surface area contributed by atoms with Crippen LogP contribution in [0, 0.1) is 0 Å². The lowest BCUT2D eigenvalue weighted by atomic mass is 10.0. The fourth-order valence-electron chi connectivity index (χ4n) is 2.84. The van der Waals surface area contributed by atoms with Crippen molar-refractivity contribution in [3.8, 4) is 0 Å². The minimum atomic E-state index is -0.534. The summed E-state index contributed by atoms with van der Waals surface area (Å²) in [4.78, 5) is 27.1. The lowest BCUT2D eigenvalue weighted by Crippen LogP contribution is -2.50. The molecule has 2 aromatic carbocycles. The second kappa shape index (κ2) is 10.1. The van der Waals surface area contributed by atoms with Crippen LogP contribution in [0.15, 0.2) is 59.1 Å². The first kappa shape index (κ1) is 20.2. The highest BCUT2D eigenvalue weighted by molar-refractivity contribution is 9.10. The first-order chi connectivity index (χ1) is 12.5. The van der Waals surface area contributed by atoms with Crippen LogP contribution in [0.3, 0.4) is 0 Å². The summed E-state index contributed by atoms with van der Waals surface area (Å²) in [5, 5.41) is 2.88. The minimum Gasteiger partial charge on any atom is -0.355 e. The van der Waals surface area contributed by atoms with E-state index in [1.165, 1.54) is 0 Å². The van der Waals surface area contributed by atoms with Gasteiger partial charge >= 0.3 is 0 Å². The molecule has 0 aliphatic rings. The Labute approximate surface area is 163 Å². The predicted octanol–water partition coefficient (Wildman–Crippen LogP) is 3.94. The quantitative estimate of drug-likeness (QED) is 0.708. The van der Waals surface area contributed by atoms with Gasteiger partial charge in [0.15, 0.2) is 0 Å². The van der Waals surface area contributed by atoms with Crippen molar-refractivity contribution >= 4 is 27.7 Å². The molecule has 0 bridgehead atoms. The summed E-state index contributed by atoms with van der Waals surface area (Å²) in [6.45, 7) is 4.66. The Morgan fingerprint density at radius 2 is 1.65 bits per heavy atom. The molecule has 0 heterocycles. The fourth-order valence-corrected chi connectivity index (χ4v) is 3.10. The molecule has 1 atom stereocenters. The third kappa shape index (κ3) is 5.70. The zero-order valence-corrected chi connectivity index (χ0v) is 16.8. The van der Waals surface area contributed by atoms with Gasteiger partial charge in [0.1, 0.15) is 6.04 Å². The highest BCUT2D eigenvalue weighted by atomic mass is 79.9. The van der Waals surface area contributed by atoms with E-state index in [0.29, 0.717) is 25.9 Å². The van der Waals surface area contributed by atoms with Crippen molar-refractivity contribution in [2.24, 2.45) is 0 Å². The van der Waals surface area contributed by atoms with Gasteiger partial charge < -0.3 is 10.2 Å². The molecule has 2 amide bonds. The van der Waals surface area contributed by atoms with Gasteiger partial charge in [-0.15, -0.1) is 0 Å². The number of nitrogens with one attached hydrogen (secondary N) is 1. The van der Waals surface area contributed by atoms with E-state index in [9.17, 15) is 9.59 Å². The average Bonchev–Trinajstić information content (AvgIpc) is 2.66. The summed E-state index contributed by atoms with van der Waals surface area (Å²) < 4.78 is 0.985. The van der Waals surface area contributed by atoms with E-state index in [-0.39, 0.29) is 11.8 Å². The second-order valence-electron chi connectivity index (χ2n) is 6.10. The monoisotopic (exact) mass is 416 g/mol. The van der Waals surface area contributed by atoms with Crippen molar-refractivity contribution in [3.05, 3.63) is 70.2 Å². The van der Waals surface area contributed by atoms with E-state index in [1.807, 2.05) is 68.4 Å². The van der Waals surface area contributed by atoms with Gasteiger partial charge in [-0.1, -0.05) is 65.3 Å². The molecule has 0 aliphatic heterocycles. The summed E-state index contributed by atoms with van der Waals surface area (Å²) >= 11 is 3.43. The molecule has 0 saturated carbocycles. The number of halogens is 1. The van der Waals surface area contributed by atoms with Crippen molar-refractivity contribution < 1.29 is 9.59 Å². The molecule has 0 spiro atoms. The van der Waals surface area contributed by atoms with E-state index in [4.69, 9.17) is 0 Å². The number of benzene rings is 2. The van der Waals surface area contributed by atoms with Crippen molar-refractivity contribution in [1.82, 2.24) is 10.2 Å². The van der Waals surface area contributed by atoms with Crippen LogP contribution in [0.4, 0.5) is 0 Å². The molecule has 138 valence electrons. The van der Waals surface area contributed by atoms with Gasteiger partial charge in [-0.25, -0.2) is 0 Å². The minimum absolute atomic E-state index is 0.0277. The standard InChI is InChI=1S/C21H25BrN2O2/c1-3-20(25)24(15-17-10-12-18(22)13-11-17)19(21(26)23-4-2)14-16-8-6-5-7-9-16/h5-13,19H,3-4,14-15H2,1-2H3,(H,23,26)/t19-/m0/s1. The average molecular weight is 417 g/mol. The molecule has 26 heavy (non-hydrogen) atoms. The van der Waals surface area contributed by atoms with Crippen LogP contribution < -0.4 is 5.32 Å². The number of likely N-dealkylation sites (N-methyl/N-ethyl adjacent to an activating group) is 1. The molecule has 0 unspecified atom stereocenters. The Morgan fingerprint density at radius 1 is 1.00 bits per heavy atom. The molecule has 4 nitrogen and oxygen atoms in total. The Balaban J connectivity index is 2.31. The zero-order valence-electron chi connectivity index (χ0n) is 15.2. The number of hydrogen-bond acceptors (Lipinski definition) is 2. The van der Waals surface area contributed by atoms with Gasteiger partial charge in [0, 0.05) is 30.4 Å². The lowest BCUT2D eigenvalue weighted by Gasteiger charge is -2.31. The molecule has 0 radical (unpaired) electrons. The normalized spacial score (nSPS) is 11.7. The summed E-state index contributed by atoms with van der Waals surface area (Å²) in [6.07, 6.45) is 0.857. The van der Waals surface area contributed by atoms with Crippen molar-refractivity contribution in [2.75, 3.05) is 6.54 Å². The molecule has 1 N–H and O–H groups in total. The molecule has 5 heteroatoms. The Hall–Kier alpha value is -2.14. The molecule has 0 saturated heterocycles. The van der Waals surface area contributed by atoms with E-state index in [1.54, 1.807) is 4.90 Å². The smallest absolute Gasteiger partial charge is 0.243 e. The zero-order chi connectivity index (χ0) is 18.9. The summed E-state index contributed by atoms with van der Waals surface area (Å²) in [5.41, 5.74) is 2.03. The van der Waals surface area contributed by atoms with Gasteiger partial charge in [-0.3, -0.25) is 9.59 Å². The number of rotatable bonds is 8. The molecule has 2 aromatic rings. The SMILES string of the molecule is CCNC(=O)[C@H](Cc1ccccc1)N(Cc1ccc(Br)cc1)C(=O)CC. The van der Waals surface area contributed by atoms with Crippen LogP contribution in [0.2, 0.25) is 0 Å². The van der Waals surface area contributed by atoms with Crippen LogP contribution in [-0.2, 0) is 22.6 Å². The third-order valence-corrected chi connectivity index (χ3v) is 4.72. The maximum absolute atomic E-state index is 12.7. The number of hydrogen-bond donors (Lipinski definition) is 1. The molecule has 0 aliphatic carbocycles. The highest BCUT2D eigenvalue weighted by Gasteiger charge is 2.29. The first-order valence-electron chi connectivity index (χ1n) is 8.90. The number of amides is 2. The third-order valence-electron chi connectivity index (χ3n) is 4.19. The fraction of sp³-hybridized carbons (Fsp3) is 0.333. The van der Waals surface area contributed by atoms with Crippen molar-refractivity contribution in [1.29, 1.82) is 0 Å². The molecule has 2 rings (SSSR count). The molecule has 0 fully saturated rings. The van der Waals surface area contributed by atoms with E-state index >= 15 is 0 Å². The number of carbonyl (C=O) groups excluding carboxylic acids is 2. The van der Waals surface area contributed by atoms with Crippen LogP contribution >= 0.6 is 15.9 Å². The molecular formula is C21H25BrN2O2. The van der Waals surface area contributed by atoms with Gasteiger partial charge in [0.05, 0.1) is 0 Å². The Morgan fingerprint density at radius 3 is 2.23 bits per heavy atom. The predicted molar refractivity (Wildman–Crippen MR) is 108 cm³/mol. The van der Waals surface area contributed by atoms with E-state index in [0.717, 1.165) is 15.6 Å². The van der Waals surface area contributed by atoms with Gasteiger partial charge in [0.2, 0.25) is 11.8 Å². The van der Waals surface area contributed by atoms with E-state index in [2.05, 4.69) is 21.2 Å². The highest BCUT2D eigenvalue weighted by Crippen LogP contribution is 2.17. The largest absolute Gasteiger partial charge is 0.355 e. The van der Waals surface area contributed by atoms with E-state index < -0.39 is 6.04 Å². The van der Waals surface area contributed by atoms with Crippen LogP contribution in [-0.4, -0.2) is 29.3 Å². The van der Waals surface area contributed by atoms with Crippen LogP contribution in [0.5, 0.6) is 0 Å². The van der Waals surface area contributed by atoms with Crippen LogP contribution in [0.25, 0.3) is 0 Å². The van der Waals surface area contributed by atoms with Gasteiger partial charge in [0.25, 0.3) is 0 Å². The van der Waals surface area contributed by atoms with Crippen molar-refractivity contribution in [3.63, 3.8) is 0 Å². The molecule has 0 aromatic heterocycles. The Bertz CT molecular complexity index is 717. The summed E-state index contributed by atoms with van der Waals surface area (Å²) in [6, 6.07) is 17.1. The maximum Gasteiger partial charge on any atom is 0.243 e. The maximum atomic E-state index is 12.7. The summed E-state index contributed by atoms with van der Waals surface area (Å²) in [7, 11) is 0. The lowest BCUT2D eigenvalue weighted by molar-refractivity contribution is -0.141. The second-order valence-corrected chi connectivity index (χ2v) is 7.02. The van der Waals surface area contributed by atoms with Gasteiger partial charge in [-0.2, -0.15) is 0 Å². The van der Waals surface area contributed by atoms with Gasteiger partial charge in [-0.05, 0) is 30.2 Å².